The molecule has 0 bridgehead atoms. The number of para-hydroxylation sites is 1. The third-order valence-electron chi connectivity index (χ3n) is 13.1. The minimum absolute atomic E-state index is 0.0356. The standard InChI is InChI=1S/C58H42N4/c59-56(43-34-32-42(33-35-43)41-19-5-1-6-20-41)62-57(44-21-7-2-8-22-44)60(62)39-40-18-17-27-47(36-40)61-54-31-16-14-29-49(54)51-37-53-50(38-55(51)61)48-28-13-15-30-52(48)58(53,45-23-9-3-10-24-45)46-25-11-4-12-26-46/h1-38,57,59H,39H2/t57?,60-,62?/m1/s1. The normalized spacial score (nSPS) is 16.0. The van der Waals surface area contributed by atoms with Crippen LogP contribution in [0, 0.1) is 5.41 Å². The van der Waals surface area contributed by atoms with Crippen molar-refractivity contribution in [3.8, 4) is 27.9 Å². The highest BCUT2D eigenvalue weighted by Crippen LogP contribution is 2.57. The van der Waals surface area contributed by atoms with Gasteiger partial charge in [0.05, 0.1) is 16.4 Å². The average Bonchev–Trinajstić information content (AvgIpc) is 3.85. The van der Waals surface area contributed by atoms with Crippen molar-refractivity contribution in [2.45, 2.75) is 18.1 Å². The van der Waals surface area contributed by atoms with Crippen LogP contribution in [0.25, 0.3) is 49.7 Å². The summed E-state index contributed by atoms with van der Waals surface area (Å²) in [6.07, 6.45) is -0.0356. The Bertz CT molecular complexity index is 3240. The first kappa shape index (κ1) is 36.1. The summed E-state index contributed by atoms with van der Waals surface area (Å²) in [6, 6.07) is 83.2. The first-order valence-electron chi connectivity index (χ1n) is 21.4. The molecule has 0 saturated carbocycles. The summed E-state index contributed by atoms with van der Waals surface area (Å²) >= 11 is 0. The molecule has 1 saturated heterocycles. The summed E-state index contributed by atoms with van der Waals surface area (Å²) in [6.45, 7) is 0.661. The molecule has 1 N–H and O–H groups in total. The van der Waals surface area contributed by atoms with E-state index in [9.17, 15) is 5.41 Å². The van der Waals surface area contributed by atoms with Gasteiger partial charge >= 0.3 is 0 Å². The van der Waals surface area contributed by atoms with Crippen LogP contribution in [0.2, 0.25) is 0 Å². The largest absolute Gasteiger partial charge is 0.309 e. The summed E-state index contributed by atoms with van der Waals surface area (Å²) in [5.74, 6) is 0.494. The van der Waals surface area contributed by atoms with E-state index in [0.29, 0.717) is 12.4 Å². The molecule has 0 spiro atoms. The lowest BCUT2D eigenvalue weighted by molar-refractivity contribution is 0.391. The molecule has 62 heavy (non-hydrogen) atoms. The minimum Gasteiger partial charge on any atom is -0.309 e. The maximum Gasteiger partial charge on any atom is 0.144 e. The Morgan fingerprint density at radius 3 is 1.81 bits per heavy atom. The van der Waals surface area contributed by atoms with Crippen LogP contribution in [-0.4, -0.2) is 20.4 Å². The molecule has 1 unspecified atom stereocenters. The van der Waals surface area contributed by atoms with E-state index in [1.54, 1.807) is 0 Å². The van der Waals surface area contributed by atoms with Gasteiger partial charge < -0.3 is 4.57 Å². The van der Waals surface area contributed by atoms with Crippen LogP contribution in [0.4, 0.5) is 0 Å². The molecule has 0 amide bonds. The van der Waals surface area contributed by atoms with E-state index >= 15 is 0 Å². The lowest BCUT2D eigenvalue weighted by Crippen LogP contribution is -2.28. The molecular formula is C58H42N4. The SMILES string of the molecule is N=C(c1ccc(-c2ccccc2)cc1)N1C(c2ccccc2)[N@@]1Cc1cccc(-n2c3ccccc3c3cc4c(cc32)-c2ccccc2C4(c2ccccc2)c2ccccc2)c1. The molecule has 9 aromatic carbocycles. The van der Waals surface area contributed by atoms with Crippen molar-refractivity contribution >= 4 is 27.6 Å². The number of benzene rings is 9. The maximum absolute atomic E-state index is 9.47. The van der Waals surface area contributed by atoms with E-state index in [-0.39, 0.29) is 6.17 Å². The Morgan fingerprint density at radius 2 is 1.08 bits per heavy atom. The average molecular weight is 795 g/mol. The minimum atomic E-state index is -0.469. The van der Waals surface area contributed by atoms with Crippen molar-refractivity contribution in [3.05, 3.63) is 269 Å². The van der Waals surface area contributed by atoms with Gasteiger partial charge in [0, 0.05) is 28.6 Å². The summed E-state index contributed by atoms with van der Waals surface area (Å²) < 4.78 is 2.45. The summed E-state index contributed by atoms with van der Waals surface area (Å²) in [4.78, 5) is 0. The number of hydrogen-bond donors (Lipinski definition) is 1. The van der Waals surface area contributed by atoms with Crippen LogP contribution in [0.5, 0.6) is 0 Å². The smallest absolute Gasteiger partial charge is 0.144 e. The lowest BCUT2D eigenvalue weighted by atomic mass is 9.67. The number of fused-ring (bicyclic) bond motifs is 6. The summed E-state index contributed by atoms with van der Waals surface area (Å²) in [7, 11) is 0. The molecule has 1 aromatic heterocycles. The van der Waals surface area contributed by atoms with E-state index < -0.39 is 5.41 Å². The molecule has 10 aromatic rings. The first-order chi connectivity index (χ1) is 30.7. The first-order valence-corrected chi connectivity index (χ1v) is 21.4. The second kappa shape index (κ2) is 14.4. The molecule has 2 heterocycles. The highest BCUT2D eigenvalue weighted by molar-refractivity contribution is 6.12. The van der Waals surface area contributed by atoms with Crippen molar-refractivity contribution in [1.82, 2.24) is 14.6 Å². The molecule has 2 atom stereocenters. The molecule has 294 valence electrons. The third kappa shape index (κ3) is 5.61. The van der Waals surface area contributed by atoms with Crippen molar-refractivity contribution < 1.29 is 0 Å². The fourth-order valence-corrected chi connectivity index (χ4v) is 10.3. The van der Waals surface area contributed by atoms with Crippen molar-refractivity contribution in [3.63, 3.8) is 0 Å². The van der Waals surface area contributed by atoms with Gasteiger partial charge in [0.1, 0.15) is 12.0 Å². The topological polar surface area (TPSA) is 34.8 Å². The van der Waals surface area contributed by atoms with Gasteiger partial charge in [0.15, 0.2) is 0 Å². The molecule has 4 heteroatoms. The zero-order chi connectivity index (χ0) is 41.2. The van der Waals surface area contributed by atoms with Gasteiger partial charge in [-0.25, -0.2) is 0 Å². The third-order valence-corrected chi connectivity index (χ3v) is 13.1. The number of aromatic nitrogens is 1. The monoisotopic (exact) mass is 794 g/mol. The van der Waals surface area contributed by atoms with Gasteiger partial charge in [-0.1, -0.05) is 200 Å². The maximum atomic E-state index is 9.47. The zero-order valence-corrected chi connectivity index (χ0v) is 34.1. The number of nitrogens with zero attached hydrogens (tertiary/aromatic N) is 3. The molecule has 12 rings (SSSR count). The van der Waals surface area contributed by atoms with Gasteiger partial charge in [-0.2, -0.15) is 5.01 Å². The van der Waals surface area contributed by atoms with Crippen LogP contribution in [0.1, 0.15) is 45.1 Å². The van der Waals surface area contributed by atoms with E-state index in [1.165, 1.54) is 71.9 Å². The van der Waals surface area contributed by atoms with Crippen LogP contribution in [0.15, 0.2) is 231 Å². The Hall–Kier alpha value is -7.79. The Kier molecular flexibility index (Phi) is 8.41. The number of rotatable bonds is 8. The lowest BCUT2D eigenvalue weighted by Gasteiger charge is -2.33. The van der Waals surface area contributed by atoms with Crippen LogP contribution < -0.4 is 0 Å². The van der Waals surface area contributed by atoms with Crippen LogP contribution in [-0.2, 0) is 12.0 Å². The van der Waals surface area contributed by atoms with Crippen LogP contribution in [0.3, 0.4) is 0 Å². The highest BCUT2D eigenvalue weighted by atomic mass is 15.9. The summed E-state index contributed by atoms with van der Waals surface area (Å²) in [5.41, 5.74) is 16.3. The van der Waals surface area contributed by atoms with Gasteiger partial charge in [0.25, 0.3) is 0 Å². The molecule has 0 radical (unpaired) electrons. The Balaban J connectivity index is 0.960. The van der Waals surface area contributed by atoms with Crippen molar-refractivity contribution in [2.75, 3.05) is 0 Å². The van der Waals surface area contributed by atoms with Gasteiger partial charge in [-0.15, -0.1) is 0 Å². The van der Waals surface area contributed by atoms with Gasteiger partial charge in [-0.05, 0) is 86.0 Å². The second-order valence-electron chi connectivity index (χ2n) is 16.5. The van der Waals surface area contributed by atoms with Crippen LogP contribution >= 0.6 is 0 Å². The van der Waals surface area contributed by atoms with E-state index in [1.807, 2.05) is 6.07 Å². The van der Waals surface area contributed by atoms with Crippen molar-refractivity contribution in [2.24, 2.45) is 0 Å². The number of amidine groups is 1. The zero-order valence-electron chi connectivity index (χ0n) is 34.1. The van der Waals surface area contributed by atoms with Gasteiger partial charge in [-0.3, -0.25) is 10.4 Å². The molecule has 2 aliphatic rings. The van der Waals surface area contributed by atoms with Gasteiger partial charge in [0.2, 0.25) is 0 Å². The number of hydrogen-bond acceptors (Lipinski definition) is 2. The van der Waals surface area contributed by atoms with E-state index in [0.717, 1.165) is 16.8 Å². The highest BCUT2D eigenvalue weighted by Gasteiger charge is 2.49. The molecular weight excluding hydrogens is 753 g/mol. The van der Waals surface area contributed by atoms with E-state index in [2.05, 4.69) is 239 Å². The Morgan fingerprint density at radius 1 is 0.468 bits per heavy atom. The number of hydrazine groups is 1. The molecule has 4 nitrogen and oxygen atoms in total. The fraction of sp³-hybridized carbons (Fsp3) is 0.0517. The molecule has 1 fully saturated rings. The predicted octanol–water partition coefficient (Wildman–Crippen LogP) is 13.6. The second-order valence-corrected chi connectivity index (χ2v) is 16.5. The number of nitrogens with one attached hydrogen (secondary N) is 1. The molecule has 1 aliphatic heterocycles. The molecule has 1 aliphatic carbocycles. The predicted molar refractivity (Wildman–Crippen MR) is 253 cm³/mol. The van der Waals surface area contributed by atoms with E-state index in [4.69, 9.17) is 0 Å². The summed E-state index contributed by atoms with van der Waals surface area (Å²) in [5, 5.41) is 16.4. The fourth-order valence-electron chi connectivity index (χ4n) is 10.3. The Labute approximate surface area is 361 Å². The van der Waals surface area contributed by atoms with Crippen molar-refractivity contribution in [1.29, 1.82) is 5.41 Å². The quantitative estimate of drug-likeness (QED) is 0.0944.